The number of hydrogen-bond donors (Lipinski definition) is 4. The maximum Gasteiger partial charge on any atom is 0.407 e. The lowest BCUT2D eigenvalue weighted by atomic mass is 9.90. The maximum absolute atomic E-state index is 14.0. The van der Waals surface area contributed by atoms with Crippen LogP contribution in [0.5, 0.6) is 0 Å². The first-order chi connectivity index (χ1) is 25.6. The molecule has 0 radical (unpaired) electrons. The number of urea groups is 1. The van der Waals surface area contributed by atoms with Gasteiger partial charge in [0, 0.05) is 30.6 Å². The van der Waals surface area contributed by atoms with E-state index in [0.29, 0.717) is 25.3 Å². The van der Waals surface area contributed by atoms with Crippen molar-refractivity contribution in [3.63, 3.8) is 0 Å². The highest BCUT2D eigenvalue weighted by Crippen LogP contribution is 2.34. The molecule has 4 amide bonds. The SMILES string of the molecule is CC(C)[C@H](NC(=O)N(C)Cc1csc(C2CCCCC2)n1)C(=O)N[C@@H](Cc1ccccc1)C[C@H](O)[C@H](Cc1ccccc1)NC(=O)OCc1ccns1. The van der Waals surface area contributed by atoms with Gasteiger partial charge in [0.05, 0.1) is 34.3 Å². The van der Waals surface area contributed by atoms with Gasteiger partial charge >= 0.3 is 12.1 Å². The summed E-state index contributed by atoms with van der Waals surface area (Å²) in [6.07, 6.45) is 6.96. The van der Waals surface area contributed by atoms with Crippen LogP contribution in [0.3, 0.4) is 0 Å². The first-order valence-electron chi connectivity index (χ1n) is 18.5. The van der Waals surface area contributed by atoms with Crippen molar-refractivity contribution in [3.05, 3.63) is 105 Å². The van der Waals surface area contributed by atoms with Crippen LogP contribution in [-0.2, 0) is 35.5 Å². The number of nitrogens with zero attached hydrogens (tertiary/aromatic N) is 3. The molecule has 1 aliphatic carbocycles. The minimum absolute atomic E-state index is 0.0696. The smallest absolute Gasteiger partial charge is 0.407 e. The van der Waals surface area contributed by atoms with Crippen LogP contribution < -0.4 is 16.0 Å². The van der Waals surface area contributed by atoms with Crippen LogP contribution in [0.2, 0.25) is 0 Å². The quantitative estimate of drug-likeness (QED) is 0.0924. The van der Waals surface area contributed by atoms with E-state index in [9.17, 15) is 19.5 Å². The van der Waals surface area contributed by atoms with Gasteiger partial charge in [-0.1, -0.05) is 93.8 Å². The van der Waals surface area contributed by atoms with Gasteiger partial charge in [0.1, 0.15) is 12.6 Å². The summed E-state index contributed by atoms with van der Waals surface area (Å²) in [5.41, 5.74) is 2.75. The van der Waals surface area contributed by atoms with E-state index in [4.69, 9.17) is 9.72 Å². The summed E-state index contributed by atoms with van der Waals surface area (Å²) < 4.78 is 9.49. The highest BCUT2D eigenvalue weighted by atomic mass is 32.1. The topological polar surface area (TPSA) is 146 Å². The van der Waals surface area contributed by atoms with Crippen molar-refractivity contribution in [1.82, 2.24) is 30.2 Å². The molecule has 5 rings (SSSR count). The minimum Gasteiger partial charge on any atom is -0.444 e. The lowest BCUT2D eigenvalue weighted by Crippen LogP contribution is -2.55. The predicted molar refractivity (Wildman–Crippen MR) is 209 cm³/mol. The molecule has 4 aromatic rings. The zero-order valence-corrected chi connectivity index (χ0v) is 32.4. The molecule has 0 spiro atoms. The van der Waals surface area contributed by atoms with Crippen molar-refractivity contribution >= 4 is 40.9 Å². The molecule has 1 fully saturated rings. The van der Waals surface area contributed by atoms with Crippen molar-refractivity contribution in [3.8, 4) is 0 Å². The van der Waals surface area contributed by atoms with Crippen LogP contribution in [0.25, 0.3) is 0 Å². The van der Waals surface area contributed by atoms with E-state index in [1.807, 2.05) is 79.9 Å². The Balaban J connectivity index is 1.25. The van der Waals surface area contributed by atoms with E-state index in [1.54, 1.807) is 35.5 Å². The van der Waals surface area contributed by atoms with E-state index in [-0.39, 0.29) is 30.9 Å². The molecule has 1 aliphatic rings. The molecule has 2 aromatic carbocycles. The first kappa shape index (κ1) is 39.9. The average molecular weight is 761 g/mol. The third kappa shape index (κ3) is 12.6. The summed E-state index contributed by atoms with van der Waals surface area (Å²) in [7, 11) is 1.71. The number of amides is 4. The number of ether oxygens (including phenoxy) is 1. The number of aromatic nitrogens is 2. The normalized spacial score (nSPS) is 15.6. The van der Waals surface area contributed by atoms with E-state index in [1.165, 1.54) is 43.6 Å². The summed E-state index contributed by atoms with van der Waals surface area (Å²) in [5, 5.41) is 23.8. The minimum atomic E-state index is -1.05. The van der Waals surface area contributed by atoms with Gasteiger partial charge in [-0.05, 0) is 66.7 Å². The Hall–Kier alpha value is -4.33. The molecule has 4 atom stereocenters. The number of carbonyl (C=O) groups excluding carboxylic acids is 3. The molecule has 284 valence electrons. The van der Waals surface area contributed by atoms with Gasteiger partial charge < -0.3 is 30.7 Å². The number of nitrogens with one attached hydrogen (secondary N) is 3. The molecule has 2 heterocycles. The Morgan fingerprint density at radius 2 is 1.60 bits per heavy atom. The fourth-order valence-electron chi connectivity index (χ4n) is 6.66. The molecule has 0 unspecified atom stereocenters. The fourth-order valence-corrected chi connectivity index (χ4v) is 8.13. The zero-order valence-electron chi connectivity index (χ0n) is 30.8. The van der Waals surface area contributed by atoms with Gasteiger partial charge in [0.25, 0.3) is 0 Å². The van der Waals surface area contributed by atoms with Crippen molar-refractivity contribution in [1.29, 1.82) is 0 Å². The molecule has 53 heavy (non-hydrogen) atoms. The summed E-state index contributed by atoms with van der Waals surface area (Å²) in [6, 6.07) is 18.7. The Morgan fingerprint density at radius 3 is 2.25 bits per heavy atom. The molecular weight excluding hydrogens is 709 g/mol. The first-order valence-corrected chi connectivity index (χ1v) is 20.1. The third-order valence-electron chi connectivity index (χ3n) is 9.60. The van der Waals surface area contributed by atoms with Gasteiger partial charge in [0.2, 0.25) is 5.91 Å². The van der Waals surface area contributed by atoms with Crippen LogP contribution >= 0.6 is 22.9 Å². The van der Waals surface area contributed by atoms with Gasteiger partial charge in [-0.25, -0.2) is 18.9 Å². The van der Waals surface area contributed by atoms with Gasteiger partial charge in [0.15, 0.2) is 0 Å². The summed E-state index contributed by atoms with van der Waals surface area (Å²) in [4.78, 5) is 47.5. The monoisotopic (exact) mass is 760 g/mol. The highest BCUT2D eigenvalue weighted by molar-refractivity contribution is 7.09. The van der Waals surface area contributed by atoms with Crippen LogP contribution in [0.4, 0.5) is 9.59 Å². The second kappa shape index (κ2) is 20.2. The van der Waals surface area contributed by atoms with E-state index >= 15 is 0 Å². The highest BCUT2D eigenvalue weighted by Gasteiger charge is 2.31. The number of aliphatic hydroxyl groups is 1. The van der Waals surface area contributed by atoms with Crippen molar-refractivity contribution in [2.45, 2.75) is 109 Å². The molecule has 2 aromatic heterocycles. The number of benzene rings is 2. The fraction of sp³-hybridized carbons (Fsp3) is 0.475. The van der Waals surface area contributed by atoms with Gasteiger partial charge in [-0.3, -0.25) is 4.79 Å². The van der Waals surface area contributed by atoms with E-state index < -0.39 is 30.3 Å². The molecule has 13 heteroatoms. The summed E-state index contributed by atoms with van der Waals surface area (Å²) in [6.45, 7) is 4.19. The van der Waals surface area contributed by atoms with E-state index in [2.05, 4.69) is 20.3 Å². The van der Waals surface area contributed by atoms with Gasteiger partial charge in [-0.2, -0.15) is 0 Å². The second-order valence-electron chi connectivity index (χ2n) is 14.2. The number of aliphatic hydroxyl groups excluding tert-OH is 1. The number of hydrogen-bond acceptors (Lipinski definition) is 9. The lowest BCUT2D eigenvalue weighted by Gasteiger charge is -2.30. The number of thiazole rings is 1. The summed E-state index contributed by atoms with van der Waals surface area (Å²) >= 11 is 2.91. The third-order valence-corrected chi connectivity index (χ3v) is 11.4. The lowest BCUT2D eigenvalue weighted by molar-refractivity contribution is -0.124. The van der Waals surface area contributed by atoms with Crippen LogP contribution in [-0.4, -0.2) is 68.7 Å². The Morgan fingerprint density at radius 1 is 0.925 bits per heavy atom. The Labute approximate surface area is 320 Å². The van der Waals surface area contributed by atoms with Crippen molar-refractivity contribution < 1.29 is 24.2 Å². The molecule has 0 bridgehead atoms. The molecule has 0 saturated heterocycles. The van der Waals surface area contributed by atoms with E-state index in [0.717, 1.165) is 26.7 Å². The van der Waals surface area contributed by atoms with Crippen LogP contribution in [0.15, 0.2) is 78.3 Å². The number of carbonyl (C=O) groups is 3. The average Bonchev–Trinajstić information content (AvgIpc) is 3.86. The molecule has 4 N–H and O–H groups in total. The number of alkyl carbamates (subject to hydrolysis) is 1. The maximum atomic E-state index is 14.0. The molecular formula is C40H52N6O5S2. The Kier molecular flexibility index (Phi) is 15.2. The summed E-state index contributed by atoms with van der Waals surface area (Å²) in [5.74, 6) is -0.0577. The van der Waals surface area contributed by atoms with Crippen LogP contribution in [0.1, 0.15) is 85.0 Å². The Bertz CT molecular complexity index is 1700. The molecule has 0 aliphatic heterocycles. The predicted octanol–water partition coefficient (Wildman–Crippen LogP) is 6.83. The largest absolute Gasteiger partial charge is 0.444 e. The number of rotatable bonds is 17. The zero-order chi connectivity index (χ0) is 37.6. The van der Waals surface area contributed by atoms with Crippen molar-refractivity contribution in [2.75, 3.05) is 7.05 Å². The van der Waals surface area contributed by atoms with Crippen LogP contribution in [0, 0.1) is 5.92 Å². The molecule has 1 saturated carbocycles. The van der Waals surface area contributed by atoms with Crippen molar-refractivity contribution in [2.24, 2.45) is 5.92 Å². The molecule has 11 nitrogen and oxygen atoms in total. The second-order valence-corrected chi connectivity index (χ2v) is 16.0. The van der Waals surface area contributed by atoms with Gasteiger partial charge in [-0.15, -0.1) is 11.3 Å². The standard InChI is InChI=1S/C40H52N6O5S2/c1-27(2)36(45-39(49)46(3)24-32-26-52-38(43-32)30-17-11-6-12-18-30)37(48)42-31(21-28-13-7-4-8-14-28)23-35(47)34(22-29-15-9-5-10-16-29)44-40(50)51-25-33-19-20-41-53-33/h4-5,7-10,13-16,19-20,26-27,30-31,34-36,47H,6,11-12,17-18,21-25H2,1-3H3,(H,42,48)(H,44,50)(H,45,49)/t31-,34-,35-,36-/m0/s1.